The lowest BCUT2D eigenvalue weighted by Crippen LogP contribution is -1.84. The molecule has 0 bridgehead atoms. The van der Waals surface area contributed by atoms with Crippen LogP contribution in [0.2, 0.25) is 0 Å². The highest BCUT2D eigenvalue weighted by Crippen LogP contribution is 1.96. The van der Waals surface area contributed by atoms with E-state index in [1.54, 1.807) is 6.92 Å². The first-order valence-electron chi connectivity index (χ1n) is 2.24. The molecule has 0 heterocycles. The highest BCUT2D eigenvalue weighted by molar-refractivity contribution is 4.95. The Bertz CT molecular complexity index is 62.5. The third-order valence-electron chi connectivity index (χ3n) is 0.812. The maximum absolute atomic E-state index is 11.3. The van der Waals surface area contributed by atoms with Gasteiger partial charge in [-0.1, -0.05) is 6.92 Å². The predicted octanol–water partition coefficient (Wildman–Crippen LogP) is 1.24. The summed E-state index contributed by atoms with van der Waals surface area (Å²) in [6.45, 7) is 1.63. The van der Waals surface area contributed by atoms with Gasteiger partial charge >= 0.3 is 0 Å². The highest BCUT2D eigenvalue weighted by Gasteiger charge is 1.86. The molecule has 0 aliphatic heterocycles. The van der Waals surface area contributed by atoms with E-state index in [-0.39, 0.29) is 6.61 Å². The van der Waals surface area contributed by atoms with E-state index in [0.29, 0.717) is 18.3 Å². The molecule has 0 unspecified atom stereocenters. The lowest BCUT2D eigenvalue weighted by atomic mass is 10.2. The summed E-state index contributed by atoms with van der Waals surface area (Å²) in [5, 5.41) is 8.22. The van der Waals surface area contributed by atoms with Crippen molar-refractivity contribution >= 4 is 0 Å². The molecule has 1 nitrogen and oxygen atoms in total. The Morgan fingerprint density at radius 3 is 2.43 bits per heavy atom. The van der Waals surface area contributed by atoms with Gasteiger partial charge in [-0.05, 0) is 12.0 Å². The molecular formula is C5H9FO. The van der Waals surface area contributed by atoms with E-state index in [2.05, 4.69) is 0 Å². The van der Waals surface area contributed by atoms with Crippen LogP contribution in [0.25, 0.3) is 0 Å². The van der Waals surface area contributed by atoms with Crippen molar-refractivity contribution in [2.24, 2.45) is 0 Å². The van der Waals surface area contributed by atoms with Gasteiger partial charge in [0.15, 0.2) is 0 Å². The molecule has 7 heavy (non-hydrogen) atoms. The largest absolute Gasteiger partial charge is 0.392 e. The van der Waals surface area contributed by atoms with Gasteiger partial charge in [-0.25, -0.2) is 4.39 Å². The molecule has 0 radical (unpaired) electrons. The number of halogens is 1. The van der Waals surface area contributed by atoms with Gasteiger partial charge in [-0.3, -0.25) is 0 Å². The minimum absolute atomic E-state index is 0.160. The topological polar surface area (TPSA) is 20.2 Å². The minimum Gasteiger partial charge on any atom is -0.392 e. The molecule has 0 aromatic heterocycles. The smallest absolute Gasteiger partial charge is 0.0881 e. The Labute approximate surface area is 42.5 Å². The molecule has 42 valence electrons. The second-order valence-corrected chi connectivity index (χ2v) is 1.28. The van der Waals surface area contributed by atoms with Crippen LogP contribution in [0.15, 0.2) is 11.9 Å². The van der Waals surface area contributed by atoms with Crippen LogP contribution in [0.3, 0.4) is 0 Å². The summed E-state index contributed by atoms with van der Waals surface area (Å²) < 4.78 is 11.3. The first-order chi connectivity index (χ1) is 3.35. The van der Waals surface area contributed by atoms with Crippen molar-refractivity contribution < 1.29 is 9.50 Å². The molecule has 1 N–H and O–H groups in total. The van der Waals surface area contributed by atoms with Crippen molar-refractivity contribution in [3.05, 3.63) is 11.9 Å². The number of aliphatic hydroxyl groups excluding tert-OH is 1. The quantitative estimate of drug-likeness (QED) is 0.558. The lowest BCUT2D eigenvalue weighted by Gasteiger charge is -1.90. The minimum atomic E-state index is -0.160. The summed E-state index contributed by atoms with van der Waals surface area (Å²) in [7, 11) is 0. The average molecular weight is 104 g/mol. The number of hydrogen-bond donors (Lipinski definition) is 1. The third-order valence-corrected chi connectivity index (χ3v) is 0.812. The summed E-state index contributed by atoms with van der Waals surface area (Å²) in [6.07, 6.45) is 1.03. The molecule has 0 rings (SSSR count). The summed E-state index contributed by atoms with van der Waals surface area (Å²) in [4.78, 5) is 0. The molecule has 0 spiro atoms. The van der Waals surface area contributed by atoms with Gasteiger partial charge < -0.3 is 5.11 Å². The maximum Gasteiger partial charge on any atom is 0.0881 e. The third kappa shape index (κ3) is 2.34. The number of aliphatic hydroxyl groups is 1. The Morgan fingerprint density at radius 1 is 1.86 bits per heavy atom. The number of rotatable bonds is 2. The van der Waals surface area contributed by atoms with Gasteiger partial charge in [0.05, 0.1) is 12.9 Å². The standard InChI is InChI=1S/C5H9FO/c1-2-5(3-6)4-7/h3,7H,2,4H2,1H3/b5-3+. The monoisotopic (exact) mass is 104 g/mol. The normalized spacial score (nSPS) is 12.1. The first-order valence-corrected chi connectivity index (χ1v) is 2.24. The van der Waals surface area contributed by atoms with E-state index in [4.69, 9.17) is 5.11 Å². The predicted molar refractivity (Wildman–Crippen MR) is 26.6 cm³/mol. The molecule has 0 fully saturated rings. The second-order valence-electron chi connectivity index (χ2n) is 1.28. The van der Waals surface area contributed by atoms with Crippen molar-refractivity contribution in [2.75, 3.05) is 6.61 Å². The van der Waals surface area contributed by atoms with E-state index in [1.165, 1.54) is 0 Å². The van der Waals surface area contributed by atoms with Crippen molar-refractivity contribution in [2.45, 2.75) is 13.3 Å². The fourth-order valence-corrected chi connectivity index (χ4v) is 0.223. The van der Waals surface area contributed by atoms with Crippen LogP contribution in [0.1, 0.15) is 13.3 Å². The summed E-state index contributed by atoms with van der Waals surface area (Å²) in [5.41, 5.74) is 0.444. The molecule has 2 heteroatoms. The Balaban J connectivity index is 3.38. The zero-order chi connectivity index (χ0) is 5.70. The van der Waals surface area contributed by atoms with Gasteiger partial charge in [0.1, 0.15) is 0 Å². The summed E-state index contributed by atoms with van der Waals surface area (Å²) >= 11 is 0. The molecule has 0 saturated heterocycles. The average Bonchev–Trinajstić information content (AvgIpc) is 1.72. The van der Waals surface area contributed by atoms with E-state index in [9.17, 15) is 4.39 Å². The Hall–Kier alpha value is -0.370. The Kier molecular flexibility index (Phi) is 3.61. The van der Waals surface area contributed by atoms with Gasteiger partial charge in [-0.2, -0.15) is 0 Å². The van der Waals surface area contributed by atoms with Crippen LogP contribution in [0.5, 0.6) is 0 Å². The SMILES string of the molecule is CC/C(=C\F)CO. The van der Waals surface area contributed by atoms with E-state index < -0.39 is 0 Å². The summed E-state index contributed by atoms with van der Waals surface area (Å²) in [6, 6.07) is 0. The van der Waals surface area contributed by atoms with E-state index in [0.717, 1.165) is 0 Å². The molecule has 0 aromatic rings. The van der Waals surface area contributed by atoms with Gasteiger partial charge in [0.2, 0.25) is 0 Å². The van der Waals surface area contributed by atoms with E-state index in [1.807, 2.05) is 0 Å². The van der Waals surface area contributed by atoms with Crippen LogP contribution in [0, 0.1) is 0 Å². The van der Waals surface area contributed by atoms with E-state index >= 15 is 0 Å². The second kappa shape index (κ2) is 3.81. The van der Waals surface area contributed by atoms with Crippen LogP contribution in [-0.4, -0.2) is 11.7 Å². The molecule has 0 amide bonds. The molecule has 0 aliphatic rings. The van der Waals surface area contributed by atoms with Crippen LogP contribution in [-0.2, 0) is 0 Å². The van der Waals surface area contributed by atoms with Crippen molar-refractivity contribution in [3.8, 4) is 0 Å². The maximum atomic E-state index is 11.3. The van der Waals surface area contributed by atoms with Crippen molar-refractivity contribution in [1.82, 2.24) is 0 Å². The zero-order valence-electron chi connectivity index (χ0n) is 4.32. The van der Waals surface area contributed by atoms with Gasteiger partial charge in [0.25, 0.3) is 0 Å². The fourth-order valence-electron chi connectivity index (χ4n) is 0.223. The van der Waals surface area contributed by atoms with Gasteiger partial charge in [0, 0.05) is 0 Å². The Morgan fingerprint density at radius 2 is 2.43 bits per heavy atom. The number of hydrogen-bond acceptors (Lipinski definition) is 1. The first kappa shape index (κ1) is 6.63. The summed E-state index contributed by atoms with van der Waals surface area (Å²) in [5.74, 6) is 0. The fraction of sp³-hybridized carbons (Fsp3) is 0.600. The molecule has 0 saturated carbocycles. The highest BCUT2D eigenvalue weighted by atomic mass is 19.1. The molecule has 0 aromatic carbocycles. The van der Waals surface area contributed by atoms with Crippen LogP contribution in [0.4, 0.5) is 4.39 Å². The van der Waals surface area contributed by atoms with Crippen molar-refractivity contribution in [3.63, 3.8) is 0 Å². The van der Waals surface area contributed by atoms with Crippen molar-refractivity contribution in [1.29, 1.82) is 0 Å². The lowest BCUT2D eigenvalue weighted by molar-refractivity contribution is 0.325. The van der Waals surface area contributed by atoms with Gasteiger partial charge in [-0.15, -0.1) is 0 Å². The van der Waals surface area contributed by atoms with Crippen LogP contribution >= 0.6 is 0 Å². The zero-order valence-corrected chi connectivity index (χ0v) is 4.32. The molecular weight excluding hydrogens is 95.1 g/mol. The molecule has 0 atom stereocenters. The van der Waals surface area contributed by atoms with Crippen LogP contribution < -0.4 is 0 Å². The molecule has 0 aliphatic carbocycles.